The maximum Gasteiger partial charge on any atom is 0.228 e. The molecule has 0 saturated heterocycles. The lowest BCUT2D eigenvalue weighted by Gasteiger charge is -2.09. The van der Waals surface area contributed by atoms with Gasteiger partial charge in [0.2, 0.25) is 5.91 Å². The highest BCUT2D eigenvalue weighted by atomic mass is 16.2. The van der Waals surface area contributed by atoms with E-state index in [-0.39, 0.29) is 11.8 Å². The van der Waals surface area contributed by atoms with Crippen molar-refractivity contribution in [1.29, 1.82) is 0 Å². The predicted octanol–water partition coefficient (Wildman–Crippen LogP) is 2.71. The van der Waals surface area contributed by atoms with E-state index < -0.39 is 0 Å². The molecule has 28 heavy (non-hydrogen) atoms. The Hall–Kier alpha value is -3.40. The number of rotatable bonds is 3. The van der Waals surface area contributed by atoms with Crippen LogP contribution in [0, 0.1) is 30.6 Å². The lowest BCUT2D eigenvalue weighted by atomic mass is 10.1. The molecule has 7 heteroatoms. The van der Waals surface area contributed by atoms with E-state index in [1.165, 1.54) is 0 Å². The van der Waals surface area contributed by atoms with Crippen molar-refractivity contribution in [2.45, 2.75) is 20.3 Å². The smallest absolute Gasteiger partial charge is 0.228 e. The zero-order valence-corrected chi connectivity index (χ0v) is 16.4. The molecule has 142 valence electrons. The number of hydrogen-bond donors (Lipinski definition) is 2. The molecular weight excluding hydrogens is 352 g/mol. The molecule has 0 radical (unpaired) electrons. The normalized spacial score (nSPS) is 17.7. The Morgan fingerprint density at radius 1 is 1.21 bits per heavy atom. The summed E-state index contributed by atoms with van der Waals surface area (Å²) in [6.45, 7) is 4.01. The number of nitrogens with one attached hydrogen (secondary N) is 2. The van der Waals surface area contributed by atoms with E-state index in [0.717, 1.165) is 39.8 Å². The van der Waals surface area contributed by atoms with Gasteiger partial charge in [-0.15, -0.1) is 0 Å². The largest absolute Gasteiger partial charge is 0.373 e. The number of fused-ring (bicyclic) bond motifs is 1. The van der Waals surface area contributed by atoms with Crippen LogP contribution >= 0.6 is 0 Å². The monoisotopic (exact) mass is 374 g/mol. The minimum absolute atomic E-state index is 0.0286. The first kappa shape index (κ1) is 18.0. The minimum atomic E-state index is 0.0286. The third-order valence-electron chi connectivity index (χ3n) is 5.05. The lowest BCUT2D eigenvalue weighted by Crippen LogP contribution is -2.15. The van der Waals surface area contributed by atoms with Gasteiger partial charge in [0, 0.05) is 49.4 Å². The van der Waals surface area contributed by atoms with Crippen LogP contribution in [0.4, 0.5) is 11.6 Å². The number of nitrogens with zero attached hydrogens (tertiary/aromatic N) is 4. The summed E-state index contributed by atoms with van der Waals surface area (Å²) in [5, 5.41) is 12.1. The Balaban J connectivity index is 1.74. The van der Waals surface area contributed by atoms with Crippen molar-refractivity contribution in [1.82, 2.24) is 19.7 Å². The number of aromatic nitrogens is 4. The number of aryl methyl sites for hydroxylation is 2. The van der Waals surface area contributed by atoms with Crippen molar-refractivity contribution in [3.05, 3.63) is 41.5 Å². The first-order valence-corrected chi connectivity index (χ1v) is 9.26. The Morgan fingerprint density at radius 3 is 2.61 bits per heavy atom. The summed E-state index contributed by atoms with van der Waals surface area (Å²) in [6, 6.07) is 1.86. The minimum Gasteiger partial charge on any atom is -0.373 e. The van der Waals surface area contributed by atoms with E-state index in [2.05, 4.69) is 44.5 Å². The van der Waals surface area contributed by atoms with Crippen LogP contribution in [0.5, 0.6) is 0 Å². The summed E-state index contributed by atoms with van der Waals surface area (Å²) in [4.78, 5) is 21.1. The number of pyridine rings is 2. The van der Waals surface area contributed by atoms with Gasteiger partial charge >= 0.3 is 0 Å². The van der Waals surface area contributed by atoms with Gasteiger partial charge in [-0.25, -0.2) is 9.97 Å². The predicted molar refractivity (Wildman–Crippen MR) is 109 cm³/mol. The quantitative estimate of drug-likeness (QED) is 0.689. The second kappa shape index (κ2) is 6.97. The average molecular weight is 374 g/mol. The number of hydrogen-bond acceptors (Lipinski definition) is 5. The molecule has 7 nitrogen and oxygen atoms in total. The molecule has 1 aliphatic rings. The van der Waals surface area contributed by atoms with Crippen molar-refractivity contribution in [2.24, 2.45) is 18.9 Å². The van der Waals surface area contributed by atoms with Crippen molar-refractivity contribution in [2.75, 3.05) is 17.7 Å². The summed E-state index contributed by atoms with van der Waals surface area (Å²) < 4.78 is 1.75. The summed E-state index contributed by atoms with van der Waals surface area (Å²) in [5.74, 6) is 8.20. The maximum atomic E-state index is 12.3. The van der Waals surface area contributed by atoms with Gasteiger partial charge in [0.15, 0.2) is 0 Å². The molecule has 0 unspecified atom stereocenters. The fourth-order valence-corrected chi connectivity index (χ4v) is 3.27. The van der Waals surface area contributed by atoms with Gasteiger partial charge < -0.3 is 10.6 Å². The van der Waals surface area contributed by atoms with Crippen molar-refractivity contribution >= 4 is 28.3 Å². The van der Waals surface area contributed by atoms with Gasteiger partial charge in [0.05, 0.1) is 16.8 Å². The van der Waals surface area contributed by atoms with Crippen molar-refractivity contribution in [3.63, 3.8) is 0 Å². The van der Waals surface area contributed by atoms with Crippen LogP contribution in [0.25, 0.3) is 10.8 Å². The van der Waals surface area contributed by atoms with Crippen LogP contribution in [-0.2, 0) is 11.8 Å². The molecule has 2 N–H and O–H groups in total. The van der Waals surface area contributed by atoms with Gasteiger partial charge in [0.25, 0.3) is 0 Å². The molecule has 3 aromatic heterocycles. The molecule has 1 fully saturated rings. The van der Waals surface area contributed by atoms with Crippen molar-refractivity contribution in [3.8, 4) is 11.8 Å². The third kappa shape index (κ3) is 3.41. The maximum absolute atomic E-state index is 12.3. The van der Waals surface area contributed by atoms with E-state index in [0.29, 0.717) is 11.7 Å². The average Bonchev–Trinajstić information content (AvgIpc) is 3.32. The van der Waals surface area contributed by atoms with E-state index in [4.69, 9.17) is 0 Å². The molecule has 1 saturated carbocycles. The molecule has 4 rings (SSSR count). The van der Waals surface area contributed by atoms with Crippen LogP contribution in [0.2, 0.25) is 0 Å². The zero-order chi connectivity index (χ0) is 19.8. The van der Waals surface area contributed by atoms with E-state index in [1.807, 2.05) is 33.3 Å². The fraction of sp³-hybridized carbons (Fsp3) is 0.333. The standard InChI is InChI=1S/C21H22N6O/c1-12-7-16(12)21(28)25-19-8-17-14(5-6-15-11-27(4)26-13(15)2)9-24-20(22-3)18(17)10-23-19/h8-12,16H,7H2,1-4H3,(H,22,24)(H,23,25,28)/t12-,16+/m1/s1. The molecule has 0 aromatic carbocycles. The van der Waals surface area contributed by atoms with Gasteiger partial charge in [-0.3, -0.25) is 9.48 Å². The highest BCUT2D eigenvalue weighted by Crippen LogP contribution is 2.38. The molecule has 1 aliphatic carbocycles. The molecule has 3 heterocycles. The second-order valence-corrected chi connectivity index (χ2v) is 7.25. The van der Waals surface area contributed by atoms with Gasteiger partial charge in [-0.05, 0) is 25.3 Å². The van der Waals surface area contributed by atoms with Crippen LogP contribution < -0.4 is 10.6 Å². The second-order valence-electron chi connectivity index (χ2n) is 7.25. The number of anilines is 2. The lowest BCUT2D eigenvalue weighted by molar-refractivity contribution is -0.117. The van der Waals surface area contributed by atoms with E-state index in [9.17, 15) is 4.79 Å². The Bertz CT molecular complexity index is 1140. The zero-order valence-electron chi connectivity index (χ0n) is 16.4. The Morgan fingerprint density at radius 2 is 1.96 bits per heavy atom. The molecule has 2 atom stereocenters. The van der Waals surface area contributed by atoms with Crippen LogP contribution in [0.3, 0.4) is 0 Å². The highest BCUT2D eigenvalue weighted by molar-refractivity contribution is 5.99. The van der Waals surface area contributed by atoms with Crippen LogP contribution in [-0.4, -0.2) is 32.7 Å². The first-order valence-electron chi connectivity index (χ1n) is 9.26. The molecule has 0 aliphatic heterocycles. The molecule has 0 bridgehead atoms. The van der Waals surface area contributed by atoms with Gasteiger partial charge in [-0.1, -0.05) is 18.8 Å². The SMILES string of the molecule is CNc1ncc(C#Cc2cn(C)nc2C)c2cc(NC(=O)[C@H]3C[C@H]3C)ncc12. The molecule has 1 amide bonds. The third-order valence-corrected chi connectivity index (χ3v) is 5.05. The topological polar surface area (TPSA) is 84.7 Å². The summed E-state index contributed by atoms with van der Waals surface area (Å²) in [7, 11) is 3.69. The van der Waals surface area contributed by atoms with E-state index in [1.54, 1.807) is 17.1 Å². The number of carbonyl (C=O) groups excluding carboxylic acids is 1. The van der Waals surface area contributed by atoms with Gasteiger partial charge in [-0.2, -0.15) is 5.10 Å². The van der Waals surface area contributed by atoms with Crippen LogP contribution in [0.1, 0.15) is 30.2 Å². The fourth-order valence-electron chi connectivity index (χ4n) is 3.27. The summed E-state index contributed by atoms with van der Waals surface area (Å²) >= 11 is 0. The summed E-state index contributed by atoms with van der Waals surface area (Å²) in [6.07, 6.45) is 6.29. The van der Waals surface area contributed by atoms with Gasteiger partial charge in [0.1, 0.15) is 11.6 Å². The van der Waals surface area contributed by atoms with Crippen LogP contribution in [0.15, 0.2) is 24.7 Å². The van der Waals surface area contributed by atoms with E-state index >= 15 is 0 Å². The Labute approximate surface area is 163 Å². The molecule has 3 aromatic rings. The summed E-state index contributed by atoms with van der Waals surface area (Å²) in [5.41, 5.74) is 2.53. The first-order chi connectivity index (χ1) is 13.5. The highest BCUT2D eigenvalue weighted by Gasteiger charge is 2.39. The molecular formula is C21H22N6O. The number of amides is 1. The number of carbonyl (C=O) groups is 1. The Kier molecular flexibility index (Phi) is 4.47. The molecule has 0 spiro atoms. The van der Waals surface area contributed by atoms with Crippen molar-refractivity contribution < 1.29 is 4.79 Å².